The maximum atomic E-state index is 11.8. The number of aromatic nitrogens is 4. The van der Waals surface area contributed by atoms with Crippen molar-refractivity contribution in [2.75, 3.05) is 11.9 Å². The lowest BCUT2D eigenvalue weighted by Gasteiger charge is -2.07. The predicted octanol–water partition coefficient (Wildman–Crippen LogP) is 0.759. The van der Waals surface area contributed by atoms with E-state index < -0.39 is 5.69 Å². The highest BCUT2D eigenvalue weighted by Gasteiger charge is 2.05. The van der Waals surface area contributed by atoms with E-state index in [9.17, 15) is 9.59 Å². The van der Waals surface area contributed by atoms with Gasteiger partial charge in [-0.1, -0.05) is 13.8 Å². The smallest absolute Gasteiger partial charge is 0.328 e. The molecule has 0 spiro atoms. The van der Waals surface area contributed by atoms with Gasteiger partial charge in [-0.25, -0.2) is 9.78 Å². The minimum Gasteiger partial charge on any atom is -0.369 e. The van der Waals surface area contributed by atoms with E-state index in [1.165, 1.54) is 4.57 Å². The summed E-state index contributed by atoms with van der Waals surface area (Å²) in [6.07, 6.45) is 6.42. The van der Waals surface area contributed by atoms with Crippen molar-refractivity contribution < 1.29 is 0 Å². The van der Waals surface area contributed by atoms with Crippen LogP contribution in [0.1, 0.15) is 31.5 Å². The Morgan fingerprint density at radius 3 is 2.67 bits per heavy atom. The molecule has 0 fully saturated rings. The molecule has 0 atom stereocenters. The zero-order chi connectivity index (χ0) is 15.2. The molecule has 0 saturated carbocycles. The van der Waals surface area contributed by atoms with Crippen molar-refractivity contribution in [3.63, 3.8) is 0 Å². The lowest BCUT2D eigenvalue weighted by molar-refractivity contribution is 0.691. The number of H-pyrrole nitrogens is 1. The van der Waals surface area contributed by atoms with Crippen LogP contribution < -0.4 is 16.6 Å². The van der Waals surface area contributed by atoms with Crippen molar-refractivity contribution in [3.8, 4) is 0 Å². The van der Waals surface area contributed by atoms with Gasteiger partial charge in [-0.3, -0.25) is 19.3 Å². The van der Waals surface area contributed by atoms with Gasteiger partial charge in [0.15, 0.2) is 0 Å². The summed E-state index contributed by atoms with van der Waals surface area (Å²) in [5.41, 5.74) is 0.466. The molecular weight excluding hydrogens is 270 g/mol. The first kappa shape index (κ1) is 15.0. The molecule has 2 aromatic heterocycles. The summed E-state index contributed by atoms with van der Waals surface area (Å²) in [5, 5.41) is 3.13. The molecule has 0 saturated heterocycles. The van der Waals surface area contributed by atoms with Crippen LogP contribution in [-0.2, 0) is 13.0 Å². The Hall–Kier alpha value is -2.44. The molecule has 0 amide bonds. The van der Waals surface area contributed by atoms with Crippen LogP contribution in [0.15, 0.2) is 28.2 Å². The normalized spacial score (nSPS) is 10.6. The molecule has 7 heteroatoms. The van der Waals surface area contributed by atoms with Crippen LogP contribution in [0, 0.1) is 0 Å². The number of aryl methyl sites for hydroxylation is 1. The first-order valence-electron chi connectivity index (χ1n) is 7.01. The van der Waals surface area contributed by atoms with Crippen LogP contribution in [0.3, 0.4) is 0 Å². The Morgan fingerprint density at radius 1 is 1.24 bits per heavy atom. The van der Waals surface area contributed by atoms with E-state index in [2.05, 4.69) is 27.2 Å². The van der Waals surface area contributed by atoms with Gasteiger partial charge in [0.2, 0.25) is 0 Å². The highest BCUT2D eigenvalue weighted by molar-refractivity contribution is 5.30. The fraction of sp³-hybridized carbons (Fsp3) is 0.429. The van der Waals surface area contributed by atoms with Crippen molar-refractivity contribution >= 4 is 5.82 Å². The lowest BCUT2D eigenvalue weighted by atomic mass is 10.2. The molecule has 0 aliphatic heterocycles. The number of hydrogen-bond donors (Lipinski definition) is 2. The standard InChI is InChI=1S/C14H19N5O2/c1-3-5-15-12-7-16-11(6-17-12)9-19-8-10(4-2)13(20)18-14(19)21/h6-8H,3-5,9H2,1-2H3,(H,15,17)(H,18,20,21). The molecule has 0 bridgehead atoms. The first-order valence-corrected chi connectivity index (χ1v) is 7.01. The van der Waals surface area contributed by atoms with Gasteiger partial charge >= 0.3 is 5.69 Å². The molecule has 112 valence electrons. The molecule has 2 aromatic rings. The van der Waals surface area contributed by atoms with Gasteiger partial charge in [-0.15, -0.1) is 0 Å². The summed E-state index contributed by atoms with van der Waals surface area (Å²) in [5.74, 6) is 0.712. The Labute approximate surface area is 122 Å². The molecule has 21 heavy (non-hydrogen) atoms. The summed E-state index contributed by atoms with van der Waals surface area (Å²) in [4.78, 5) is 34.1. The summed E-state index contributed by atoms with van der Waals surface area (Å²) in [7, 11) is 0. The van der Waals surface area contributed by atoms with Gasteiger partial charge in [0.05, 0.1) is 24.6 Å². The number of anilines is 1. The zero-order valence-electron chi connectivity index (χ0n) is 12.2. The van der Waals surface area contributed by atoms with Gasteiger partial charge in [-0.2, -0.15) is 0 Å². The molecular formula is C14H19N5O2. The monoisotopic (exact) mass is 289 g/mol. The fourth-order valence-corrected chi connectivity index (χ4v) is 1.88. The van der Waals surface area contributed by atoms with E-state index in [-0.39, 0.29) is 12.1 Å². The Bertz CT molecular complexity index is 703. The second-order valence-electron chi connectivity index (χ2n) is 4.71. The third-order valence-corrected chi connectivity index (χ3v) is 3.06. The number of rotatable bonds is 6. The van der Waals surface area contributed by atoms with Crippen LogP contribution in [0.4, 0.5) is 5.82 Å². The largest absolute Gasteiger partial charge is 0.369 e. The molecule has 0 aliphatic carbocycles. The molecule has 7 nitrogen and oxygen atoms in total. The molecule has 2 N–H and O–H groups in total. The quantitative estimate of drug-likeness (QED) is 0.819. The SMILES string of the molecule is CCCNc1cnc(Cn2cc(CC)c(=O)[nH]c2=O)cn1. The van der Waals surface area contributed by atoms with Crippen LogP contribution in [-0.4, -0.2) is 26.1 Å². The Balaban J connectivity index is 2.18. The van der Waals surface area contributed by atoms with Gasteiger partial charge in [0, 0.05) is 18.3 Å². The second kappa shape index (κ2) is 6.83. The molecule has 2 rings (SSSR count). The van der Waals surface area contributed by atoms with Crippen LogP contribution in [0.2, 0.25) is 0 Å². The van der Waals surface area contributed by atoms with Crippen LogP contribution in [0.5, 0.6) is 0 Å². The highest BCUT2D eigenvalue weighted by atomic mass is 16.2. The molecule has 0 unspecified atom stereocenters. The van der Waals surface area contributed by atoms with E-state index in [0.717, 1.165) is 13.0 Å². The van der Waals surface area contributed by atoms with E-state index in [4.69, 9.17) is 0 Å². The molecule has 0 radical (unpaired) electrons. The first-order chi connectivity index (χ1) is 10.1. The third-order valence-electron chi connectivity index (χ3n) is 3.06. The number of aromatic amines is 1. The summed E-state index contributed by atoms with van der Waals surface area (Å²) in [6.45, 7) is 5.06. The topological polar surface area (TPSA) is 92.7 Å². The van der Waals surface area contributed by atoms with Crippen molar-refractivity contribution in [2.24, 2.45) is 0 Å². The Kier molecular flexibility index (Phi) is 4.86. The highest BCUT2D eigenvalue weighted by Crippen LogP contribution is 2.02. The van der Waals surface area contributed by atoms with E-state index >= 15 is 0 Å². The summed E-state index contributed by atoms with van der Waals surface area (Å²) >= 11 is 0. The van der Waals surface area contributed by atoms with E-state index in [1.54, 1.807) is 18.6 Å². The van der Waals surface area contributed by atoms with Crippen LogP contribution >= 0.6 is 0 Å². The minimum absolute atomic E-state index is 0.281. The van der Waals surface area contributed by atoms with Gasteiger partial charge in [0.25, 0.3) is 5.56 Å². The van der Waals surface area contributed by atoms with Crippen LogP contribution in [0.25, 0.3) is 0 Å². The molecule has 0 aliphatic rings. The van der Waals surface area contributed by atoms with E-state index in [0.29, 0.717) is 23.5 Å². The third kappa shape index (κ3) is 3.77. The van der Waals surface area contributed by atoms with Crippen molar-refractivity contribution in [3.05, 3.63) is 50.7 Å². The van der Waals surface area contributed by atoms with Crippen molar-refractivity contribution in [2.45, 2.75) is 33.2 Å². The predicted molar refractivity (Wildman–Crippen MR) is 80.6 cm³/mol. The van der Waals surface area contributed by atoms with E-state index in [1.807, 2.05) is 6.92 Å². The zero-order valence-corrected chi connectivity index (χ0v) is 12.2. The summed E-state index contributed by atoms with van der Waals surface area (Å²) < 4.78 is 1.43. The number of nitrogens with zero attached hydrogens (tertiary/aromatic N) is 3. The summed E-state index contributed by atoms with van der Waals surface area (Å²) in [6, 6.07) is 0. The Morgan fingerprint density at radius 2 is 2.05 bits per heavy atom. The molecule has 0 aromatic carbocycles. The fourth-order valence-electron chi connectivity index (χ4n) is 1.88. The average molecular weight is 289 g/mol. The van der Waals surface area contributed by atoms with Crippen molar-refractivity contribution in [1.29, 1.82) is 0 Å². The number of hydrogen-bond acceptors (Lipinski definition) is 5. The second-order valence-corrected chi connectivity index (χ2v) is 4.71. The van der Waals surface area contributed by atoms with Gasteiger partial charge in [-0.05, 0) is 12.8 Å². The van der Waals surface area contributed by atoms with Crippen molar-refractivity contribution in [1.82, 2.24) is 19.5 Å². The minimum atomic E-state index is -0.438. The average Bonchev–Trinajstić information content (AvgIpc) is 2.49. The van der Waals surface area contributed by atoms with Gasteiger partial charge in [0.1, 0.15) is 5.82 Å². The molecule has 2 heterocycles. The number of nitrogens with one attached hydrogen (secondary N) is 2. The maximum Gasteiger partial charge on any atom is 0.328 e. The maximum absolute atomic E-state index is 11.8. The van der Waals surface area contributed by atoms with Gasteiger partial charge < -0.3 is 5.32 Å². The lowest BCUT2D eigenvalue weighted by Crippen LogP contribution is -2.32.